The second-order valence-electron chi connectivity index (χ2n) is 19.7. The number of hydrogen-bond donors (Lipinski definition) is 7. The number of phosphoric ester groups is 1. The molecule has 0 aromatic rings. The molecule has 1 aliphatic rings. The van der Waals surface area contributed by atoms with Gasteiger partial charge in [-0.25, -0.2) is 4.57 Å². The fourth-order valence-electron chi connectivity index (χ4n) is 9.04. The van der Waals surface area contributed by atoms with E-state index in [4.69, 9.17) is 18.7 Å². The number of unbranched alkanes of at least 4 members (excludes halogenated alkanes) is 28. The molecule has 0 bridgehead atoms. The van der Waals surface area contributed by atoms with Gasteiger partial charge in [-0.05, 0) is 19.3 Å². The zero-order valence-corrected chi connectivity index (χ0v) is 43.8. The molecule has 0 spiro atoms. The Morgan fingerprint density at radius 1 is 0.500 bits per heavy atom. The number of amides is 1. The van der Waals surface area contributed by atoms with Gasteiger partial charge in [0.1, 0.15) is 18.2 Å². The first-order valence-corrected chi connectivity index (χ1v) is 29.0. The molecule has 1 heterocycles. The van der Waals surface area contributed by atoms with E-state index in [1.165, 1.54) is 103 Å². The molecule has 1 amide bonds. The van der Waals surface area contributed by atoms with Crippen molar-refractivity contribution in [2.75, 3.05) is 6.61 Å². The molecule has 1 rings (SSSR count). The lowest BCUT2D eigenvalue weighted by Crippen LogP contribution is -2.66. The van der Waals surface area contributed by atoms with Crippen LogP contribution in [-0.2, 0) is 37.7 Å². The van der Waals surface area contributed by atoms with E-state index in [0.29, 0.717) is 38.5 Å². The summed E-state index contributed by atoms with van der Waals surface area (Å²) in [7, 11) is -5.36. The topological polar surface area (TPSA) is 239 Å². The van der Waals surface area contributed by atoms with E-state index in [1.54, 1.807) is 0 Å². The summed E-state index contributed by atoms with van der Waals surface area (Å²) >= 11 is 0. The van der Waals surface area contributed by atoms with Gasteiger partial charge in [0.25, 0.3) is 0 Å². The highest BCUT2D eigenvalue weighted by atomic mass is 31.2. The normalized spacial score (nSPS) is 19.9. The predicted octanol–water partition coefficient (Wildman–Crippen LogP) is 10.7. The molecule has 1 fully saturated rings. The van der Waals surface area contributed by atoms with Gasteiger partial charge in [0, 0.05) is 0 Å². The van der Waals surface area contributed by atoms with Crippen LogP contribution < -0.4 is 5.32 Å². The van der Waals surface area contributed by atoms with Crippen molar-refractivity contribution in [1.82, 2.24) is 5.32 Å². The Hall–Kier alpha value is -1.68. The number of phosphoric acid groups is 1. The number of nitrogens with one attached hydrogen (secondary N) is 1. The first kappa shape index (κ1) is 64.3. The standard InChI is InChI=1S/C52H100NO14P/c1-4-7-10-13-16-18-20-21-23-25-28-30-33-36-43(56)39-47(59)65-51-49(53-46(58)38-42(55)35-32-29-26-15-12-9-6-3)52(64-45(41-54)50(51)67-68(61,62)63)66-48(60)40-44(57)37-34-31-27-24-22-19-17-14-11-8-5-2/h42-45,49-52,54-57H,4-41H2,1-3H3,(H,53,58)(H2,61,62,63)/t42-,43-,44-,45-,49-,50-,51-,52-/m1/s1. The molecule has 68 heavy (non-hydrogen) atoms. The molecule has 16 heteroatoms. The molecule has 0 aliphatic carbocycles. The van der Waals surface area contributed by atoms with Crippen LogP contribution in [0.15, 0.2) is 0 Å². The van der Waals surface area contributed by atoms with Crippen LogP contribution in [0, 0.1) is 0 Å². The zero-order valence-electron chi connectivity index (χ0n) is 42.9. The lowest BCUT2D eigenvalue weighted by molar-refractivity contribution is -0.265. The van der Waals surface area contributed by atoms with Crippen LogP contribution in [0.2, 0.25) is 0 Å². The van der Waals surface area contributed by atoms with Crippen LogP contribution >= 0.6 is 7.82 Å². The van der Waals surface area contributed by atoms with Crippen molar-refractivity contribution in [2.24, 2.45) is 0 Å². The van der Waals surface area contributed by atoms with Crippen LogP contribution in [0.5, 0.6) is 0 Å². The van der Waals surface area contributed by atoms with Gasteiger partial charge in [-0.2, -0.15) is 0 Å². The van der Waals surface area contributed by atoms with Crippen LogP contribution in [0.3, 0.4) is 0 Å². The summed E-state index contributed by atoms with van der Waals surface area (Å²) in [5.74, 6) is -2.67. The van der Waals surface area contributed by atoms with Gasteiger partial charge >= 0.3 is 19.8 Å². The SMILES string of the molecule is CCCCCCCCCCCCCCC[C@@H](O)CC(=O)O[C@@H]1[C@@H](NC(=O)C[C@H](O)CCCCCCCCC)[C@@H](OC(=O)C[C@H](O)CCCCCCCCCCCCC)O[C@H](CO)[C@H]1OP(=O)(O)O. The van der Waals surface area contributed by atoms with Gasteiger partial charge in [-0.1, -0.05) is 220 Å². The largest absolute Gasteiger partial charge is 0.470 e. The van der Waals surface area contributed by atoms with E-state index >= 15 is 0 Å². The summed E-state index contributed by atoms with van der Waals surface area (Å²) < 4.78 is 34.5. The van der Waals surface area contributed by atoms with Crippen LogP contribution in [0.1, 0.15) is 258 Å². The summed E-state index contributed by atoms with van der Waals surface area (Å²) in [6.07, 6.45) is 24.0. The highest BCUT2D eigenvalue weighted by Crippen LogP contribution is 2.42. The zero-order chi connectivity index (χ0) is 50.3. The number of aliphatic hydroxyl groups excluding tert-OH is 4. The molecule has 402 valence electrons. The number of ether oxygens (including phenoxy) is 3. The van der Waals surface area contributed by atoms with Crippen molar-refractivity contribution in [1.29, 1.82) is 0 Å². The minimum absolute atomic E-state index is 0.306. The minimum atomic E-state index is -5.36. The minimum Gasteiger partial charge on any atom is -0.457 e. The highest BCUT2D eigenvalue weighted by Gasteiger charge is 2.53. The summed E-state index contributed by atoms with van der Waals surface area (Å²) in [6, 6.07) is -1.64. The third kappa shape index (κ3) is 34.6. The van der Waals surface area contributed by atoms with Gasteiger partial charge in [-0.3, -0.25) is 18.9 Å². The quantitative estimate of drug-likeness (QED) is 0.0171. The molecule has 0 saturated carbocycles. The van der Waals surface area contributed by atoms with Crippen molar-refractivity contribution in [3.8, 4) is 0 Å². The predicted molar refractivity (Wildman–Crippen MR) is 266 cm³/mol. The van der Waals surface area contributed by atoms with Gasteiger partial charge in [0.15, 0.2) is 6.10 Å². The highest BCUT2D eigenvalue weighted by molar-refractivity contribution is 7.46. The van der Waals surface area contributed by atoms with Gasteiger partial charge in [-0.15, -0.1) is 0 Å². The molecule has 1 saturated heterocycles. The molecule has 0 aromatic heterocycles. The maximum Gasteiger partial charge on any atom is 0.470 e. The number of esters is 2. The Kier molecular flexibility index (Phi) is 39.6. The molecule has 0 unspecified atom stereocenters. The van der Waals surface area contributed by atoms with E-state index < -0.39 is 100 Å². The first-order chi connectivity index (χ1) is 32.7. The summed E-state index contributed by atoms with van der Waals surface area (Å²) in [4.78, 5) is 60.2. The lowest BCUT2D eigenvalue weighted by Gasteiger charge is -2.44. The number of aliphatic hydroxyl groups is 4. The molecule has 0 aromatic carbocycles. The molecular weight excluding hydrogens is 894 g/mol. The van der Waals surface area contributed by atoms with Crippen molar-refractivity contribution in [3.63, 3.8) is 0 Å². The smallest absolute Gasteiger partial charge is 0.457 e. The number of carbonyl (C=O) groups excluding carboxylic acids is 3. The Morgan fingerprint density at radius 3 is 1.16 bits per heavy atom. The Labute approximate surface area is 411 Å². The Balaban J connectivity index is 2.99. The number of rotatable bonds is 46. The molecule has 15 nitrogen and oxygen atoms in total. The fourth-order valence-corrected chi connectivity index (χ4v) is 9.61. The summed E-state index contributed by atoms with van der Waals surface area (Å²) in [5.41, 5.74) is 0. The average Bonchev–Trinajstić information content (AvgIpc) is 3.28. The third-order valence-corrected chi connectivity index (χ3v) is 13.6. The van der Waals surface area contributed by atoms with Crippen molar-refractivity contribution >= 4 is 25.7 Å². The number of carbonyl (C=O) groups is 3. The van der Waals surface area contributed by atoms with E-state index in [-0.39, 0.29) is 0 Å². The van der Waals surface area contributed by atoms with E-state index in [1.807, 2.05) is 0 Å². The summed E-state index contributed by atoms with van der Waals surface area (Å²) in [6.45, 7) is 5.65. The van der Waals surface area contributed by atoms with Crippen LogP contribution in [0.25, 0.3) is 0 Å². The lowest BCUT2D eigenvalue weighted by atomic mass is 9.95. The molecule has 1 aliphatic heterocycles. The van der Waals surface area contributed by atoms with Crippen LogP contribution in [0.4, 0.5) is 0 Å². The van der Waals surface area contributed by atoms with Crippen molar-refractivity contribution in [3.05, 3.63) is 0 Å². The first-order valence-electron chi connectivity index (χ1n) is 27.5. The molecule has 0 radical (unpaired) electrons. The Bertz CT molecular complexity index is 1290. The molecule has 7 N–H and O–H groups in total. The maximum absolute atomic E-state index is 13.5. The van der Waals surface area contributed by atoms with Gasteiger partial charge in [0.2, 0.25) is 12.2 Å². The van der Waals surface area contributed by atoms with Gasteiger partial charge < -0.3 is 49.7 Å². The second-order valence-corrected chi connectivity index (χ2v) is 20.9. The fraction of sp³-hybridized carbons (Fsp3) is 0.942. The average molecular weight is 994 g/mol. The summed E-state index contributed by atoms with van der Waals surface area (Å²) in [5, 5.41) is 45.3. The van der Waals surface area contributed by atoms with E-state index in [0.717, 1.165) is 77.0 Å². The van der Waals surface area contributed by atoms with Crippen LogP contribution in [-0.4, -0.2) is 104 Å². The third-order valence-electron chi connectivity index (χ3n) is 13.1. The van der Waals surface area contributed by atoms with E-state index in [9.17, 15) is 49.2 Å². The van der Waals surface area contributed by atoms with Crippen molar-refractivity contribution < 1.29 is 67.9 Å². The monoisotopic (exact) mass is 994 g/mol. The maximum atomic E-state index is 13.5. The van der Waals surface area contributed by atoms with Crippen molar-refractivity contribution in [2.45, 2.75) is 307 Å². The van der Waals surface area contributed by atoms with Gasteiger partial charge in [0.05, 0.1) is 44.2 Å². The Morgan fingerprint density at radius 2 is 0.824 bits per heavy atom. The second kappa shape index (κ2) is 41.9. The van der Waals surface area contributed by atoms with E-state index in [2.05, 4.69) is 26.1 Å². The molecular formula is C52H100NO14P. The number of hydrogen-bond acceptors (Lipinski definition) is 12. The molecule has 8 atom stereocenters.